The molecule has 0 saturated carbocycles. The Morgan fingerprint density at radius 2 is 2.25 bits per heavy atom. The van der Waals surface area contributed by atoms with E-state index < -0.39 is 15.9 Å². The number of aliphatic hydroxyl groups excluding tert-OH is 1. The largest absolute Gasteiger partial charge is 0.395 e. The molecule has 1 aromatic rings. The van der Waals surface area contributed by atoms with Crippen LogP contribution in [0.15, 0.2) is 18.5 Å². The van der Waals surface area contributed by atoms with Crippen LogP contribution in [0, 0.1) is 11.8 Å². The summed E-state index contributed by atoms with van der Waals surface area (Å²) in [6, 6.07) is 1.48. The quantitative estimate of drug-likeness (QED) is 0.591. The van der Waals surface area contributed by atoms with Crippen molar-refractivity contribution in [2.45, 2.75) is 6.42 Å². The van der Waals surface area contributed by atoms with E-state index in [1.54, 1.807) is 0 Å². The van der Waals surface area contributed by atoms with E-state index >= 15 is 0 Å². The fourth-order valence-electron chi connectivity index (χ4n) is 1.31. The van der Waals surface area contributed by atoms with E-state index in [0.29, 0.717) is 17.5 Å². The van der Waals surface area contributed by atoms with E-state index in [9.17, 15) is 13.2 Å². The smallest absolute Gasteiger partial charge is 0.252 e. The van der Waals surface area contributed by atoms with Gasteiger partial charge in [0.25, 0.3) is 5.91 Å². The number of hydrogen-bond donors (Lipinski definition) is 3. The Kier molecular flexibility index (Phi) is 6.11. The zero-order chi connectivity index (χ0) is 15.0. The normalized spacial score (nSPS) is 10.5. The Bertz CT molecular complexity index is 632. The van der Waals surface area contributed by atoms with Crippen molar-refractivity contribution in [1.82, 2.24) is 10.3 Å². The molecule has 4 N–H and O–H groups in total. The van der Waals surface area contributed by atoms with Crippen LogP contribution >= 0.6 is 0 Å². The SMILES string of the molecule is NS(=O)(=O)CCNC(=O)c1ccncc1C#CCCO. The summed E-state index contributed by atoms with van der Waals surface area (Å²) in [6.07, 6.45) is 3.16. The highest BCUT2D eigenvalue weighted by molar-refractivity contribution is 7.89. The molecule has 0 bridgehead atoms. The third kappa shape index (κ3) is 5.79. The Morgan fingerprint density at radius 1 is 1.50 bits per heavy atom. The van der Waals surface area contributed by atoms with E-state index in [0.717, 1.165) is 0 Å². The number of nitrogens with two attached hydrogens (primary N) is 1. The highest BCUT2D eigenvalue weighted by Gasteiger charge is 2.10. The van der Waals surface area contributed by atoms with Gasteiger partial charge in [0.05, 0.1) is 23.5 Å². The fourth-order valence-corrected chi connectivity index (χ4v) is 1.69. The number of aromatic nitrogens is 1. The molecule has 0 aliphatic rings. The van der Waals surface area contributed by atoms with Gasteiger partial charge in [-0.3, -0.25) is 9.78 Å². The molecule has 0 unspecified atom stereocenters. The predicted molar refractivity (Wildman–Crippen MR) is 73.1 cm³/mol. The summed E-state index contributed by atoms with van der Waals surface area (Å²) in [5, 5.41) is 15.9. The van der Waals surface area contributed by atoms with Gasteiger partial charge < -0.3 is 10.4 Å². The van der Waals surface area contributed by atoms with Crippen molar-refractivity contribution >= 4 is 15.9 Å². The molecule has 0 saturated heterocycles. The van der Waals surface area contributed by atoms with Crippen molar-refractivity contribution in [3.8, 4) is 11.8 Å². The van der Waals surface area contributed by atoms with Crippen molar-refractivity contribution in [3.05, 3.63) is 29.6 Å². The van der Waals surface area contributed by atoms with Crippen molar-refractivity contribution in [1.29, 1.82) is 0 Å². The number of nitrogens with one attached hydrogen (secondary N) is 1. The van der Waals surface area contributed by atoms with Gasteiger partial charge in [-0.1, -0.05) is 11.8 Å². The van der Waals surface area contributed by atoms with Gasteiger partial charge in [0.15, 0.2) is 0 Å². The molecular formula is C12H15N3O4S. The van der Waals surface area contributed by atoms with Crippen molar-refractivity contribution in [3.63, 3.8) is 0 Å². The minimum Gasteiger partial charge on any atom is -0.395 e. The first-order valence-electron chi connectivity index (χ1n) is 5.76. The molecule has 1 aromatic heterocycles. The second kappa shape index (κ2) is 7.59. The van der Waals surface area contributed by atoms with Crippen LogP contribution < -0.4 is 10.5 Å². The molecule has 108 valence electrons. The average Bonchev–Trinajstić information content (AvgIpc) is 2.38. The zero-order valence-corrected chi connectivity index (χ0v) is 11.5. The van der Waals surface area contributed by atoms with E-state index in [2.05, 4.69) is 22.1 Å². The van der Waals surface area contributed by atoms with E-state index in [1.807, 2.05) is 0 Å². The molecule has 7 nitrogen and oxygen atoms in total. The summed E-state index contributed by atoms with van der Waals surface area (Å²) in [6.45, 7) is -0.146. The molecule has 0 aliphatic heterocycles. The van der Waals surface area contributed by atoms with Crippen molar-refractivity contribution in [2.75, 3.05) is 18.9 Å². The Labute approximate surface area is 117 Å². The first-order valence-corrected chi connectivity index (χ1v) is 7.48. The molecule has 1 rings (SSSR count). The molecule has 0 atom stereocenters. The fraction of sp³-hybridized carbons (Fsp3) is 0.333. The van der Waals surface area contributed by atoms with Crippen LogP contribution in [0.1, 0.15) is 22.3 Å². The van der Waals surface area contributed by atoms with Crippen LogP contribution in [0.4, 0.5) is 0 Å². The third-order valence-electron chi connectivity index (χ3n) is 2.20. The molecular weight excluding hydrogens is 282 g/mol. The molecule has 1 amide bonds. The molecule has 0 aliphatic carbocycles. The number of aliphatic hydroxyl groups is 1. The lowest BCUT2D eigenvalue weighted by Gasteiger charge is -2.05. The number of pyridine rings is 1. The second-order valence-corrected chi connectivity index (χ2v) is 5.55. The van der Waals surface area contributed by atoms with E-state index in [4.69, 9.17) is 10.2 Å². The summed E-state index contributed by atoms with van der Waals surface area (Å²) in [5.41, 5.74) is 0.703. The predicted octanol–water partition coefficient (Wildman–Crippen LogP) is -1.17. The summed E-state index contributed by atoms with van der Waals surface area (Å²) in [5.74, 6) is 4.62. The van der Waals surface area contributed by atoms with Gasteiger partial charge in [-0.05, 0) is 6.07 Å². The van der Waals surface area contributed by atoms with Gasteiger partial charge in [0, 0.05) is 25.4 Å². The van der Waals surface area contributed by atoms with E-state index in [1.165, 1.54) is 18.5 Å². The van der Waals surface area contributed by atoms with Gasteiger partial charge >= 0.3 is 0 Å². The number of amides is 1. The van der Waals surface area contributed by atoms with E-state index in [-0.39, 0.29) is 18.9 Å². The van der Waals surface area contributed by atoms with Crippen LogP contribution in [0.3, 0.4) is 0 Å². The standard InChI is InChI=1S/C12H15N3O4S/c13-20(18,19)8-6-15-12(17)11-4-5-14-9-10(11)3-1-2-7-16/h4-5,9,16H,2,6-8H2,(H,15,17)(H2,13,18,19). The maximum atomic E-state index is 11.9. The van der Waals surface area contributed by atoms with Crippen molar-refractivity contribution in [2.24, 2.45) is 5.14 Å². The topological polar surface area (TPSA) is 122 Å². The zero-order valence-electron chi connectivity index (χ0n) is 10.7. The highest BCUT2D eigenvalue weighted by atomic mass is 32.2. The third-order valence-corrected chi connectivity index (χ3v) is 2.97. The van der Waals surface area contributed by atoms with Crippen molar-refractivity contribution < 1.29 is 18.3 Å². The molecule has 0 fully saturated rings. The average molecular weight is 297 g/mol. The minimum atomic E-state index is -3.61. The molecule has 0 radical (unpaired) electrons. The maximum Gasteiger partial charge on any atom is 0.252 e. The van der Waals surface area contributed by atoms with Crippen LogP contribution in [0.5, 0.6) is 0 Å². The Balaban J connectivity index is 2.76. The summed E-state index contributed by atoms with van der Waals surface area (Å²) in [7, 11) is -3.61. The molecule has 0 aromatic carbocycles. The molecule has 8 heteroatoms. The lowest BCUT2D eigenvalue weighted by molar-refractivity contribution is 0.0956. The molecule has 20 heavy (non-hydrogen) atoms. The molecule has 1 heterocycles. The molecule has 0 spiro atoms. The minimum absolute atomic E-state index is 0.0663. The van der Waals surface area contributed by atoms with Gasteiger partial charge in [0.1, 0.15) is 0 Å². The summed E-state index contributed by atoms with van der Waals surface area (Å²) < 4.78 is 21.5. The number of carbonyl (C=O) groups is 1. The number of primary sulfonamides is 1. The summed E-state index contributed by atoms with van der Waals surface area (Å²) in [4.78, 5) is 15.8. The lowest BCUT2D eigenvalue weighted by atomic mass is 10.1. The van der Waals surface area contributed by atoms with Crippen LogP contribution in [0.25, 0.3) is 0 Å². The number of hydrogen-bond acceptors (Lipinski definition) is 5. The van der Waals surface area contributed by atoms with Gasteiger partial charge in [-0.15, -0.1) is 0 Å². The lowest BCUT2D eigenvalue weighted by Crippen LogP contribution is -2.31. The highest BCUT2D eigenvalue weighted by Crippen LogP contribution is 2.05. The first kappa shape index (κ1) is 16.1. The van der Waals surface area contributed by atoms with Crippen LogP contribution in [-0.2, 0) is 10.0 Å². The second-order valence-electron chi connectivity index (χ2n) is 3.82. The van der Waals surface area contributed by atoms with Gasteiger partial charge in [-0.2, -0.15) is 0 Å². The Morgan fingerprint density at radius 3 is 2.90 bits per heavy atom. The number of sulfonamides is 1. The number of carbonyl (C=O) groups excluding carboxylic acids is 1. The van der Waals surface area contributed by atoms with Crippen LogP contribution in [0.2, 0.25) is 0 Å². The maximum absolute atomic E-state index is 11.9. The van der Waals surface area contributed by atoms with Gasteiger partial charge in [-0.25, -0.2) is 13.6 Å². The first-order chi connectivity index (χ1) is 9.44. The number of nitrogens with zero attached hydrogens (tertiary/aromatic N) is 1. The number of rotatable bonds is 5. The monoisotopic (exact) mass is 297 g/mol. The summed E-state index contributed by atoms with van der Waals surface area (Å²) >= 11 is 0. The van der Waals surface area contributed by atoms with Crippen LogP contribution in [-0.4, -0.2) is 43.3 Å². The van der Waals surface area contributed by atoms with Gasteiger partial charge in [0.2, 0.25) is 10.0 Å². The Hall–Kier alpha value is -1.95.